The van der Waals surface area contributed by atoms with E-state index in [1.54, 1.807) is 12.1 Å². The second kappa shape index (κ2) is 8.89. The first kappa shape index (κ1) is 16.9. The van der Waals surface area contributed by atoms with Gasteiger partial charge in [0.05, 0.1) is 5.02 Å². The first-order chi connectivity index (χ1) is 9.58. The van der Waals surface area contributed by atoms with Crippen LogP contribution >= 0.6 is 23.2 Å². The summed E-state index contributed by atoms with van der Waals surface area (Å²) in [7, 11) is 0. The third-order valence-corrected chi connectivity index (χ3v) is 2.81. The van der Waals surface area contributed by atoms with Crippen LogP contribution in [-0.2, 0) is 4.74 Å². The fraction of sp³-hybridized carbons (Fsp3) is 0.462. The molecule has 0 aromatic heterocycles. The fourth-order valence-corrected chi connectivity index (χ4v) is 1.60. The van der Waals surface area contributed by atoms with E-state index >= 15 is 0 Å². The number of halogens is 2. The van der Waals surface area contributed by atoms with Crippen LogP contribution in [0.4, 0.5) is 4.79 Å². The Hall–Kier alpha value is -1.17. The molecule has 0 unspecified atom stereocenters. The van der Waals surface area contributed by atoms with Crippen molar-refractivity contribution in [2.24, 2.45) is 0 Å². The maximum atomic E-state index is 11.9. The van der Waals surface area contributed by atoms with Crippen LogP contribution in [0.3, 0.4) is 0 Å². The van der Waals surface area contributed by atoms with E-state index in [0.717, 1.165) is 11.5 Å². The standard InChI is InChI=1S/C13H18Cl2N2O3/c1-3-7-16-13(18)17(9-19-4-2)20-12-8-10(14)5-6-11(12)15/h5-6,8H,3-4,7,9H2,1-2H3,(H,16,18). The second-order valence-electron chi connectivity index (χ2n) is 3.90. The van der Waals surface area contributed by atoms with Gasteiger partial charge in [-0.3, -0.25) is 0 Å². The number of carbonyl (C=O) groups excluding carboxylic acids is 1. The molecule has 5 nitrogen and oxygen atoms in total. The lowest BCUT2D eigenvalue weighted by Crippen LogP contribution is -2.43. The molecule has 0 spiro atoms. The Balaban J connectivity index is 2.77. The highest BCUT2D eigenvalue weighted by Crippen LogP contribution is 2.28. The summed E-state index contributed by atoms with van der Waals surface area (Å²) in [6.45, 7) is 4.80. The number of amides is 2. The average molecular weight is 321 g/mol. The van der Waals surface area contributed by atoms with E-state index in [2.05, 4.69) is 5.32 Å². The summed E-state index contributed by atoms with van der Waals surface area (Å²) in [6.07, 6.45) is 0.826. The van der Waals surface area contributed by atoms with Gasteiger partial charge < -0.3 is 14.9 Å². The maximum Gasteiger partial charge on any atom is 0.352 e. The van der Waals surface area contributed by atoms with Gasteiger partial charge in [0.2, 0.25) is 0 Å². The highest BCUT2D eigenvalue weighted by atomic mass is 35.5. The summed E-state index contributed by atoms with van der Waals surface area (Å²) < 4.78 is 5.20. The van der Waals surface area contributed by atoms with Crippen LogP contribution in [0.15, 0.2) is 18.2 Å². The molecule has 1 aromatic rings. The summed E-state index contributed by atoms with van der Waals surface area (Å²) >= 11 is 11.9. The highest BCUT2D eigenvalue weighted by molar-refractivity contribution is 6.34. The zero-order valence-corrected chi connectivity index (χ0v) is 13.0. The Morgan fingerprint density at radius 1 is 1.35 bits per heavy atom. The molecule has 0 fully saturated rings. The number of hydrogen-bond donors (Lipinski definition) is 1. The molecule has 0 aliphatic heterocycles. The van der Waals surface area contributed by atoms with Gasteiger partial charge in [0.25, 0.3) is 0 Å². The molecule has 0 saturated carbocycles. The lowest BCUT2D eigenvalue weighted by atomic mass is 10.3. The first-order valence-electron chi connectivity index (χ1n) is 6.34. The Bertz CT molecular complexity index is 444. The Kier molecular flexibility index (Phi) is 7.51. The summed E-state index contributed by atoms with van der Waals surface area (Å²) in [5.41, 5.74) is 0. The minimum atomic E-state index is -0.392. The molecule has 112 valence electrons. The number of ether oxygens (including phenoxy) is 1. The Morgan fingerprint density at radius 3 is 2.75 bits per heavy atom. The molecule has 0 aliphatic carbocycles. The molecule has 0 aliphatic rings. The van der Waals surface area contributed by atoms with E-state index in [0.29, 0.717) is 28.9 Å². The predicted octanol–water partition coefficient (Wildman–Crippen LogP) is 3.70. The lowest BCUT2D eigenvalue weighted by Gasteiger charge is -2.22. The number of rotatable bonds is 7. The van der Waals surface area contributed by atoms with Crippen molar-refractivity contribution < 1.29 is 14.4 Å². The van der Waals surface area contributed by atoms with Gasteiger partial charge in [0, 0.05) is 24.2 Å². The maximum absolute atomic E-state index is 11.9. The molecule has 0 atom stereocenters. The fourth-order valence-electron chi connectivity index (χ4n) is 1.29. The van der Waals surface area contributed by atoms with Crippen molar-refractivity contribution >= 4 is 29.2 Å². The molecule has 0 bridgehead atoms. The molecule has 1 rings (SSSR count). The Morgan fingerprint density at radius 2 is 2.10 bits per heavy atom. The summed E-state index contributed by atoms with van der Waals surface area (Å²) in [4.78, 5) is 17.4. The normalized spacial score (nSPS) is 10.2. The van der Waals surface area contributed by atoms with Crippen LogP contribution in [-0.4, -0.2) is 31.0 Å². The first-order valence-corrected chi connectivity index (χ1v) is 7.10. The minimum absolute atomic E-state index is 0.00507. The van der Waals surface area contributed by atoms with Crippen LogP contribution in [0, 0.1) is 0 Å². The predicted molar refractivity (Wildman–Crippen MR) is 79.1 cm³/mol. The van der Waals surface area contributed by atoms with Gasteiger partial charge in [-0.15, -0.1) is 5.06 Å². The van der Waals surface area contributed by atoms with Gasteiger partial charge in [-0.1, -0.05) is 30.1 Å². The lowest BCUT2D eigenvalue weighted by molar-refractivity contribution is -0.0935. The third kappa shape index (κ3) is 5.45. The summed E-state index contributed by atoms with van der Waals surface area (Å²) in [5, 5.41) is 4.60. The minimum Gasteiger partial charge on any atom is -0.371 e. The number of urea groups is 1. The topological polar surface area (TPSA) is 50.8 Å². The molecule has 20 heavy (non-hydrogen) atoms. The van der Waals surface area contributed by atoms with Crippen molar-refractivity contribution in [2.45, 2.75) is 20.3 Å². The third-order valence-electron chi connectivity index (χ3n) is 2.27. The van der Waals surface area contributed by atoms with Gasteiger partial charge in [-0.05, 0) is 25.5 Å². The molecule has 2 amide bonds. The zero-order valence-electron chi connectivity index (χ0n) is 11.5. The summed E-state index contributed by atoms with van der Waals surface area (Å²) in [6, 6.07) is 4.38. The molecule has 1 aromatic carbocycles. The zero-order chi connectivity index (χ0) is 15.0. The number of carbonyl (C=O) groups is 1. The van der Waals surface area contributed by atoms with Crippen LogP contribution in [0.1, 0.15) is 20.3 Å². The van der Waals surface area contributed by atoms with Gasteiger partial charge >= 0.3 is 6.03 Å². The van der Waals surface area contributed by atoms with Gasteiger partial charge in [0.15, 0.2) is 12.5 Å². The van der Waals surface area contributed by atoms with Crippen LogP contribution in [0.2, 0.25) is 10.0 Å². The molecule has 7 heteroatoms. The van der Waals surface area contributed by atoms with E-state index in [1.165, 1.54) is 6.07 Å². The van der Waals surface area contributed by atoms with E-state index in [1.807, 2.05) is 13.8 Å². The Labute approximate surface area is 128 Å². The van der Waals surface area contributed by atoms with Crippen molar-refractivity contribution in [3.8, 4) is 5.75 Å². The van der Waals surface area contributed by atoms with E-state index in [-0.39, 0.29) is 6.73 Å². The van der Waals surface area contributed by atoms with Crippen molar-refractivity contribution in [1.82, 2.24) is 10.4 Å². The van der Waals surface area contributed by atoms with Crippen molar-refractivity contribution in [3.05, 3.63) is 28.2 Å². The van der Waals surface area contributed by atoms with Crippen LogP contribution < -0.4 is 10.2 Å². The molecule has 0 radical (unpaired) electrons. The SMILES string of the molecule is CCCNC(=O)N(COCC)Oc1cc(Cl)ccc1Cl. The monoisotopic (exact) mass is 320 g/mol. The molecule has 1 N–H and O–H groups in total. The smallest absolute Gasteiger partial charge is 0.352 e. The van der Waals surface area contributed by atoms with E-state index in [9.17, 15) is 4.79 Å². The number of nitrogens with zero attached hydrogens (tertiary/aromatic N) is 1. The number of benzene rings is 1. The van der Waals surface area contributed by atoms with Crippen LogP contribution in [0.5, 0.6) is 5.75 Å². The highest BCUT2D eigenvalue weighted by Gasteiger charge is 2.17. The average Bonchev–Trinajstić information content (AvgIpc) is 2.44. The van der Waals surface area contributed by atoms with E-state index in [4.69, 9.17) is 32.8 Å². The van der Waals surface area contributed by atoms with Crippen LogP contribution in [0.25, 0.3) is 0 Å². The quantitative estimate of drug-likeness (QED) is 0.615. The van der Waals surface area contributed by atoms with Gasteiger partial charge in [-0.2, -0.15) is 0 Å². The van der Waals surface area contributed by atoms with Crippen molar-refractivity contribution in [3.63, 3.8) is 0 Å². The molecule has 0 heterocycles. The van der Waals surface area contributed by atoms with Gasteiger partial charge in [0.1, 0.15) is 0 Å². The molecular weight excluding hydrogens is 303 g/mol. The largest absolute Gasteiger partial charge is 0.371 e. The van der Waals surface area contributed by atoms with Crippen molar-refractivity contribution in [2.75, 3.05) is 19.9 Å². The summed E-state index contributed by atoms with van der Waals surface area (Å²) in [5.74, 6) is 0.297. The number of hydroxylamine groups is 2. The number of hydrogen-bond acceptors (Lipinski definition) is 3. The van der Waals surface area contributed by atoms with Crippen molar-refractivity contribution in [1.29, 1.82) is 0 Å². The molecular formula is C13H18Cl2N2O3. The second-order valence-corrected chi connectivity index (χ2v) is 4.74. The van der Waals surface area contributed by atoms with Gasteiger partial charge in [-0.25, -0.2) is 4.79 Å². The molecule has 0 saturated heterocycles. The van der Waals surface area contributed by atoms with E-state index < -0.39 is 6.03 Å². The number of nitrogens with one attached hydrogen (secondary N) is 1.